The predicted molar refractivity (Wildman–Crippen MR) is 93.5 cm³/mol. The average molecular weight is 341 g/mol. The minimum absolute atomic E-state index is 0.0121. The van der Waals surface area contributed by atoms with E-state index in [1.165, 1.54) is 18.6 Å². The molecule has 2 heterocycles. The number of nitrogens with one attached hydrogen (secondary N) is 1. The van der Waals surface area contributed by atoms with Gasteiger partial charge >= 0.3 is 0 Å². The van der Waals surface area contributed by atoms with E-state index in [1.54, 1.807) is 11.1 Å². The van der Waals surface area contributed by atoms with Crippen LogP contribution in [0.4, 0.5) is 0 Å². The fourth-order valence-corrected chi connectivity index (χ4v) is 2.30. The Bertz CT molecular complexity index is 678. The first-order valence-electron chi connectivity index (χ1n) is 8.35. The van der Waals surface area contributed by atoms with Crippen LogP contribution in [0.1, 0.15) is 42.9 Å². The molecule has 0 radical (unpaired) electrons. The summed E-state index contributed by atoms with van der Waals surface area (Å²) in [5.41, 5.74) is 1.09. The van der Waals surface area contributed by atoms with E-state index in [4.69, 9.17) is 0 Å². The maximum atomic E-state index is 12.6. The highest BCUT2D eigenvalue weighted by molar-refractivity contribution is 5.92. The fourth-order valence-electron chi connectivity index (χ4n) is 2.30. The molecule has 0 aromatic carbocycles. The van der Waals surface area contributed by atoms with Crippen LogP contribution in [0.2, 0.25) is 0 Å². The molecule has 7 nitrogen and oxygen atoms in total. The second kappa shape index (κ2) is 9.46. The Morgan fingerprint density at radius 2 is 2.04 bits per heavy atom. The molecule has 2 rings (SSSR count). The zero-order chi connectivity index (χ0) is 18.1. The molecule has 132 valence electrons. The van der Waals surface area contributed by atoms with E-state index < -0.39 is 0 Å². The highest BCUT2D eigenvalue weighted by Gasteiger charge is 2.22. The van der Waals surface area contributed by atoms with Crippen LogP contribution < -0.4 is 5.32 Å². The van der Waals surface area contributed by atoms with Gasteiger partial charge in [-0.25, -0.2) is 4.98 Å². The monoisotopic (exact) mass is 341 g/mol. The van der Waals surface area contributed by atoms with Gasteiger partial charge in [0.1, 0.15) is 5.69 Å². The fraction of sp³-hybridized carbons (Fsp3) is 0.389. The number of pyridine rings is 1. The molecule has 0 aliphatic heterocycles. The highest BCUT2D eigenvalue weighted by atomic mass is 16.2. The highest BCUT2D eigenvalue weighted by Crippen LogP contribution is 2.09. The lowest BCUT2D eigenvalue weighted by Gasteiger charge is -2.28. The zero-order valence-electron chi connectivity index (χ0n) is 14.6. The van der Waals surface area contributed by atoms with Crippen molar-refractivity contribution in [3.8, 4) is 0 Å². The van der Waals surface area contributed by atoms with E-state index in [9.17, 15) is 9.59 Å². The molecule has 0 bridgehead atoms. The molecule has 2 aromatic heterocycles. The molecule has 0 spiro atoms. The van der Waals surface area contributed by atoms with E-state index >= 15 is 0 Å². The van der Waals surface area contributed by atoms with Crippen LogP contribution in [0.25, 0.3) is 0 Å². The maximum Gasteiger partial charge on any atom is 0.274 e. The molecule has 1 atom stereocenters. The van der Waals surface area contributed by atoms with Gasteiger partial charge in [-0.05, 0) is 25.5 Å². The smallest absolute Gasteiger partial charge is 0.274 e. The van der Waals surface area contributed by atoms with Gasteiger partial charge in [0.25, 0.3) is 5.91 Å². The topological polar surface area (TPSA) is 88.1 Å². The number of hydrogen-bond acceptors (Lipinski definition) is 5. The number of amides is 2. The van der Waals surface area contributed by atoms with E-state index in [0.717, 1.165) is 12.1 Å². The zero-order valence-corrected chi connectivity index (χ0v) is 14.6. The summed E-state index contributed by atoms with van der Waals surface area (Å²) >= 11 is 0. The standard InChI is InChI=1S/C18H23N5O2/c1-3-14(2)23(18(25)16-13-19-9-10-21-16)11-7-17(24)22-12-15-6-4-5-8-20-15/h4-6,8-10,13-14H,3,7,11-12H2,1-2H3,(H,22,24)/t14-/m0/s1. The van der Waals surface area contributed by atoms with Gasteiger partial charge < -0.3 is 10.2 Å². The van der Waals surface area contributed by atoms with Gasteiger partial charge in [-0.2, -0.15) is 0 Å². The van der Waals surface area contributed by atoms with Crippen molar-refractivity contribution in [2.45, 2.75) is 39.3 Å². The van der Waals surface area contributed by atoms with E-state index in [0.29, 0.717) is 13.1 Å². The van der Waals surface area contributed by atoms with Crippen molar-refractivity contribution in [2.24, 2.45) is 0 Å². The molecule has 0 fully saturated rings. The summed E-state index contributed by atoms with van der Waals surface area (Å²) in [6.07, 6.45) is 7.16. The normalized spacial score (nSPS) is 11.6. The summed E-state index contributed by atoms with van der Waals surface area (Å²) < 4.78 is 0. The van der Waals surface area contributed by atoms with Gasteiger partial charge in [0.05, 0.1) is 18.4 Å². The number of carbonyl (C=O) groups excluding carboxylic acids is 2. The molecule has 1 N–H and O–H groups in total. The molecular weight excluding hydrogens is 318 g/mol. The average Bonchev–Trinajstić information content (AvgIpc) is 2.67. The summed E-state index contributed by atoms with van der Waals surface area (Å²) in [7, 11) is 0. The van der Waals surface area contributed by atoms with Gasteiger partial charge in [0.15, 0.2) is 0 Å². The lowest BCUT2D eigenvalue weighted by molar-refractivity contribution is -0.121. The largest absolute Gasteiger partial charge is 0.350 e. The SMILES string of the molecule is CC[C@H](C)N(CCC(=O)NCc1ccccn1)C(=O)c1cnccn1. The first kappa shape index (κ1) is 18.5. The number of hydrogen-bond donors (Lipinski definition) is 1. The van der Waals surface area contributed by atoms with Crippen molar-refractivity contribution in [3.63, 3.8) is 0 Å². The van der Waals surface area contributed by atoms with Crippen molar-refractivity contribution in [1.82, 2.24) is 25.2 Å². The third-order valence-corrected chi connectivity index (χ3v) is 3.94. The second-order valence-electron chi connectivity index (χ2n) is 5.69. The van der Waals surface area contributed by atoms with Crippen LogP contribution in [0.15, 0.2) is 43.0 Å². The van der Waals surface area contributed by atoms with Crippen LogP contribution in [-0.4, -0.2) is 44.3 Å². The minimum Gasteiger partial charge on any atom is -0.350 e. The summed E-state index contributed by atoms with van der Waals surface area (Å²) in [5.74, 6) is -0.328. The van der Waals surface area contributed by atoms with E-state index in [1.807, 2.05) is 32.0 Å². The molecule has 25 heavy (non-hydrogen) atoms. The Kier molecular flexibility index (Phi) is 7.00. The minimum atomic E-state index is -0.208. The molecule has 0 saturated heterocycles. The Morgan fingerprint density at radius 3 is 2.68 bits per heavy atom. The summed E-state index contributed by atoms with van der Waals surface area (Å²) in [6.45, 7) is 4.67. The van der Waals surface area contributed by atoms with E-state index in [-0.39, 0.29) is 30.0 Å². The second-order valence-corrected chi connectivity index (χ2v) is 5.69. The molecule has 0 unspecified atom stereocenters. The third-order valence-electron chi connectivity index (χ3n) is 3.94. The van der Waals surface area contributed by atoms with E-state index in [2.05, 4.69) is 20.3 Å². The van der Waals surface area contributed by atoms with Crippen molar-refractivity contribution in [1.29, 1.82) is 0 Å². The summed E-state index contributed by atoms with van der Waals surface area (Å²) in [5, 5.41) is 2.82. The number of carbonyl (C=O) groups is 2. The molecule has 0 aliphatic carbocycles. The van der Waals surface area contributed by atoms with Crippen LogP contribution in [0.3, 0.4) is 0 Å². The van der Waals surface area contributed by atoms with Crippen molar-refractivity contribution in [3.05, 3.63) is 54.4 Å². The quantitative estimate of drug-likeness (QED) is 0.791. The van der Waals surface area contributed by atoms with Crippen LogP contribution in [0.5, 0.6) is 0 Å². The van der Waals surface area contributed by atoms with Gasteiger partial charge in [0, 0.05) is 37.6 Å². The van der Waals surface area contributed by atoms with Crippen LogP contribution in [-0.2, 0) is 11.3 Å². The molecule has 7 heteroatoms. The predicted octanol–water partition coefficient (Wildman–Crippen LogP) is 1.82. The molecular formula is C18H23N5O2. The number of nitrogens with zero attached hydrogens (tertiary/aromatic N) is 4. The first-order valence-corrected chi connectivity index (χ1v) is 8.35. The van der Waals surface area contributed by atoms with Crippen molar-refractivity contribution < 1.29 is 9.59 Å². The van der Waals surface area contributed by atoms with Crippen LogP contribution in [0, 0.1) is 0 Å². The Hall–Kier alpha value is -2.83. The molecule has 2 amide bonds. The van der Waals surface area contributed by atoms with Gasteiger partial charge in [0.2, 0.25) is 5.91 Å². The van der Waals surface area contributed by atoms with Gasteiger partial charge in [-0.15, -0.1) is 0 Å². The summed E-state index contributed by atoms with van der Waals surface area (Å²) in [4.78, 5) is 38.5. The number of rotatable bonds is 8. The van der Waals surface area contributed by atoms with Gasteiger partial charge in [-0.3, -0.25) is 19.6 Å². The van der Waals surface area contributed by atoms with Crippen LogP contribution >= 0.6 is 0 Å². The number of aromatic nitrogens is 3. The first-order chi connectivity index (χ1) is 12.1. The molecule has 0 aliphatic rings. The molecule has 2 aromatic rings. The summed E-state index contributed by atoms with van der Waals surface area (Å²) in [6, 6.07) is 5.56. The van der Waals surface area contributed by atoms with Crippen molar-refractivity contribution in [2.75, 3.05) is 6.54 Å². The molecule has 0 saturated carbocycles. The Balaban J connectivity index is 1.91. The Labute approximate surface area is 147 Å². The Morgan fingerprint density at radius 1 is 1.20 bits per heavy atom. The lowest BCUT2D eigenvalue weighted by atomic mass is 10.2. The van der Waals surface area contributed by atoms with Gasteiger partial charge in [-0.1, -0.05) is 13.0 Å². The lowest BCUT2D eigenvalue weighted by Crippen LogP contribution is -2.41. The third kappa shape index (κ3) is 5.63. The van der Waals surface area contributed by atoms with Crippen molar-refractivity contribution >= 4 is 11.8 Å². The maximum absolute atomic E-state index is 12.6.